The molecule has 4 aliphatic rings. The van der Waals surface area contributed by atoms with Gasteiger partial charge in [-0.2, -0.15) is 0 Å². The van der Waals surface area contributed by atoms with Crippen LogP contribution in [0, 0.1) is 11.8 Å². The minimum atomic E-state index is -0.594. The third kappa shape index (κ3) is 3.34. The van der Waals surface area contributed by atoms with E-state index in [9.17, 15) is 5.21 Å². The highest BCUT2D eigenvalue weighted by Gasteiger charge is 2.46. The molecule has 4 nitrogen and oxygen atoms in total. The predicted octanol–water partition coefficient (Wildman–Crippen LogP) is 5.24. The largest absolute Gasteiger partial charge is 0.480 e. The van der Waals surface area contributed by atoms with Crippen molar-refractivity contribution < 1.29 is 14.7 Å². The van der Waals surface area contributed by atoms with Gasteiger partial charge in [0.05, 0.1) is 24.5 Å². The molecular weight excluding hydrogens is 406 g/mol. The molecule has 0 spiro atoms. The van der Waals surface area contributed by atoms with E-state index in [4.69, 9.17) is 9.47 Å². The Balaban J connectivity index is 1.47. The molecule has 0 saturated carbocycles. The number of hydrogen-bond acceptors (Lipinski definition) is 7. The van der Waals surface area contributed by atoms with Crippen LogP contribution < -0.4 is 0 Å². The van der Waals surface area contributed by atoms with Crippen LogP contribution in [-0.4, -0.2) is 29.4 Å². The second kappa shape index (κ2) is 6.80. The second-order valence-corrected chi connectivity index (χ2v) is 11.5. The number of ether oxygens (including phenoxy) is 2. The Labute approximate surface area is 170 Å². The number of allylic oxidation sites excluding steroid dienone is 1. The quantitative estimate of drug-likeness (QED) is 0.493. The van der Waals surface area contributed by atoms with E-state index in [0.717, 1.165) is 25.7 Å². The Morgan fingerprint density at radius 3 is 2.23 bits per heavy atom. The van der Waals surface area contributed by atoms with Gasteiger partial charge in [-0.25, -0.2) is 0 Å². The Bertz CT molecular complexity index is 822. The van der Waals surface area contributed by atoms with Crippen molar-refractivity contribution in [3.05, 3.63) is 40.6 Å². The fraction of sp³-hybridized carbons (Fsp3) is 0.444. The van der Waals surface area contributed by atoms with Gasteiger partial charge in [0, 0.05) is 5.57 Å². The van der Waals surface area contributed by atoms with Crippen LogP contribution in [0.15, 0.2) is 40.6 Å². The standard InChI is InChI=1S/C18H18NO3S4/c1-17(2)9-11(18(3,4)19(17)20)5-6-12-10-23-15(24-12)16-25-13-14(26-16)22-8-7-21-13/h9-10H,7-8H2,1-4H3. The third-order valence-electron chi connectivity index (χ3n) is 4.24. The van der Waals surface area contributed by atoms with Crippen molar-refractivity contribution in [2.24, 2.45) is 0 Å². The predicted molar refractivity (Wildman–Crippen MR) is 111 cm³/mol. The van der Waals surface area contributed by atoms with Crippen LogP contribution in [0.5, 0.6) is 0 Å². The molecule has 8 heteroatoms. The number of nitrogens with zero attached hydrogens (tertiary/aromatic N) is 1. The summed E-state index contributed by atoms with van der Waals surface area (Å²) < 4.78 is 13.7. The van der Waals surface area contributed by atoms with Gasteiger partial charge in [-0.15, -0.1) is 10.3 Å². The monoisotopic (exact) mass is 424 g/mol. The summed E-state index contributed by atoms with van der Waals surface area (Å²) in [6.45, 7) is 8.92. The van der Waals surface area contributed by atoms with Crippen LogP contribution in [0.25, 0.3) is 0 Å². The molecule has 0 fully saturated rings. The first-order valence-corrected chi connectivity index (χ1v) is 11.5. The average molecular weight is 425 g/mol. The first-order valence-electron chi connectivity index (χ1n) is 8.15. The molecule has 0 N–H and O–H groups in total. The van der Waals surface area contributed by atoms with E-state index in [1.54, 1.807) is 47.0 Å². The molecule has 4 rings (SSSR count). The maximum absolute atomic E-state index is 12.4. The first kappa shape index (κ1) is 18.8. The highest BCUT2D eigenvalue weighted by molar-refractivity contribution is 8.33. The molecule has 137 valence electrons. The minimum Gasteiger partial charge on any atom is -0.480 e. The summed E-state index contributed by atoms with van der Waals surface area (Å²) in [4.78, 5) is 1.00. The van der Waals surface area contributed by atoms with Gasteiger partial charge < -0.3 is 9.47 Å². The average Bonchev–Trinajstić information content (AvgIpc) is 3.26. The van der Waals surface area contributed by atoms with Crippen LogP contribution >= 0.6 is 47.0 Å². The van der Waals surface area contributed by atoms with Gasteiger partial charge in [-0.3, -0.25) is 0 Å². The molecule has 0 unspecified atom stereocenters. The summed E-state index contributed by atoms with van der Waals surface area (Å²) in [6, 6.07) is 0. The maximum atomic E-state index is 12.4. The van der Waals surface area contributed by atoms with Crippen molar-refractivity contribution in [1.29, 1.82) is 0 Å². The summed E-state index contributed by atoms with van der Waals surface area (Å²) in [5.74, 6) is 6.48. The summed E-state index contributed by atoms with van der Waals surface area (Å²) >= 11 is 6.61. The van der Waals surface area contributed by atoms with E-state index in [0.29, 0.717) is 13.2 Å². The van der Waals surface area contributed by atoms with E-state index >= 15 is 0 Å². The smallest absolute Gasteiger partial charge is 0.208 e. The summed E-state index contributed by atoms with van der Waals surface area (Å²) in [5, 5.41) is 17.4. The highest BCUT2D eigenvalue weighted by atomic mass is 32.2. The number of hydrogen-bond donors (Lipinski definition) is 0. The number of thioether (sulfide) groups is 4. The van der Waals surface area contributed by atoms with Crippen LogP contribution in [0.2, 0.25) is 0 Å². The van der Waals surface area contributed by atoms with Crippen LogP contribution in [-0.2, 0) is 14.7 Å². The van der Waals surface area contributed by atoms with E-state index in [2.05, 4.69) is 17.2 Å². The van der Waals surface area contributed by atoms with Crippen molar-refractivity contribution in [1.82, 2.24) is 5.06 Å². The number of hydroxylamine groups is 2. The molecule has 1 radical (unpaired) electrons. The van der Waals surface area contributed by atoms with Crippen molar-refractivity contribution in [2.75, 3.05) is 13.2 Å². The van der Waals surface area contributed by atoms with E-state index in [1.165, 1.54) is 8.47 Å². The second-order valence-electron chi connectivity index (χ2n) is 7.07. The lowest BCUT2D eigenvalue weighted by Crippen LogP contribution is -2.46. The normalized spacial score (nSPS) is 26.7. The molecular formula is C18H18NO3S4. The Morgan fingerprint density at radius 2 is 1.65 bits per heavy atom. The van der Waals surface area contributed by atoms with Crippen molar-refractivity contribution in [3.63, 3.8) is 0 Å². The SMILES string of the molecule is CC1(C)C=C(C#CC2=CSC(=C3SC4=C(OCCO4)S3)S2)C(C)(C)N1[O]. The fourth-order valence-electron chi connectivity index (χ4n) is 2.94. The van der Waals surface area contributed by atoms with Gasteiger partial charge in [-0.1, -0.05) is 35.4 Å². The molecule has 4 aliphatic heterocycles. The zero-order valence-corrected chi connectivity index (χ0v) is 18.1. The van der Waals surface area contributed by atoms with Crippen molar-refractivity contribution >= 4 is 47.0 Å². The van der Waals surface area contributed by atoms with Crippen LogP contribution in [0.3, 0.4) is 0 Å². The first-order chi connectivity index (χ1) is 12.3. The molecule has 0 aliphatic carbocycles. The zero-order chi connectivity index (χ0) is 18.5. The lowest BCUT2D eigenvalue weighted by molar-refractivity contribution is -0.237. The summed E-state index contributed by atoms with van der Waals surface area (Å²) in [6.07, 6.45) is 1.98. The van der Waals surface area contributed by atoms with E-state index in [-0.39, 0.29) is 0 Å². The lowest BCUT2D eigenvalue weighted by Gasteiger charge is -2.32. The number of rotatable bonds is 0. The topological polar surface area (TPSA) is 41.6 Å². The van der Waals surface area contributed by atoms with Gasteiger partial charge in [0.1, 0.15) is 13.2 Å². The Morgan fingerprint density at radius 1 is 1.00 bits per heavy atom. The van der Waals surface area contributed by atoms with Gasteiger partial charge in [0.25, 0.3) is 0 Å². The Kier molecular flexibility index (Phi) is 4.91. The zero-order valence-electron chi connectivity index (χ0n) is 14.9. The van der Waals surface area contributed by atoms with Crippen LogP contribution in [0.1, 0.15) is 27.7 Å². The molecule has 4 heterocycles. The maximum Gasteiger partial charge on any atom is 0.208 e. The molecule has 0 aromatic heterocycles. The van der Waals surface area contributed by atoms with Crippen molar-refractivity contribution in [2.45, 2.75) is 38.8 Å². The summed E-state index contributed by atoms with van der Waals surface area (Å²) in [7, 11) is 0. The van der Waals surface area contributed by atoms with E-state index < -0.39 is 11.1 Å². The molecule has 0 saturated heterocycles. The summed E-state index contributed by atoms with van der Waals surface area (Å²) in [5.41, 5.74) is -0.230. The Hall–Kier alpha value is -0.560. The molecule has 0 atom stereocenters. The van der Waals surface area contributed by atoms with Gasteiger partial charge in [0.2, 0.25) is 10.2 Å². The molecule has 0 amide bonds. The molecule has 26 heavy (non-hydrogen) atoms. The van der Waals surface area contributed by atoms with E-state index in [1.807, 2.05) is 33.8 Å². The fourth-order valence-corrected chi connectivity index (χ4v) is 7.62. The minimum absolute atomic E-state index is 0.519. The molecule has 0 aromatic rings. The van der Waals surface area contributed by atoms with Crippen LogP contribution in [0.4, 0.5) is 0 Å². The molecule has 0 bridgehead atoms. The van der Waals surface area contributed by atoms with Gasteiger partial charge >= 0.3 is 0 Å². The third-order valence-corrected chi connectivity index (χ3v) is 9.43. The molecule has 0 aromatic carbocycles. The van der Waals surface area contributed by atoms with Crippen molar-refractivity contribution in [3.8, 4) is 11.8 Å². The van der Waals surface area contributed by atoms with Gasteiger partial charge in [0.15, 0.2) is 0 Å². The van der Waals surface area contributed by atoms with Gasteiger partial charge in [-0.05, 0) is 62.7 Å². The highest BCUT2D eigenvalue weighted by Crippen LogP contribution is 2.58. The lowest BCUT2D eigenvalue weighted by atomic mass is 9.97.